The standard InChI is InChI=1S/C14H19F3N4O2.HI/c1-13(2,11(22)19-3)8-20-12(18)21-9-4-6-10(7-5-9)23-14(15,16)17;/h4-7H,8H2,1-3H3,(H,19,22)(H3,18,20,21);1H. The topological polar surface area (TPSA) is 88.7 Å². The van der Waals surface area contributed by atoms with Gasteiger partial charge in [0.15, 0.2) is 5.96 Å². The summed E-state index contributed by atoms with van der Waals surface area (Å²) in [5.41, 5.74) is 5.40. The Morgan fingerprint density at radius 1 is 1.25 bits per heavy atom. The van der Waals surface area contributed by atoms with Crippen LogP contribution in [-0.2, 0) is 4.79 Å². The Labute approximate surface area is 155 Å². The first-order valence-electron chi connectivity index (χ1n) is 6.68. The first-order valence-corrected chi connectivity index (χ1v) is 6.68. The fourth-order valence-corrected chi connectivity index (χ4v) is 1.62. The Hall–Kier alpha value is -1.72. The van der Waals surface area contributed by atoms with Crippen molar-refractivity contribution in [3.63, 3.8) is 0 Å². The molecule has 0 bridgehead atoms. The number of alkyl halides is 3. The number of rotatable bonds is 5. The number of guanidine groups is 1. The lowest BCUT2D eigenvalue weighted by Crippen LogP contribution is -2.37. The van der Waals surface area contributed by atoms with Gasteiger partial charge in [-0.25, -0.2) is 0 Å². The van der Waals surface area contributed by atoms with Crippen LogP contribution in [0.5, 0.6) is 5.75 Å². The highest BCUT2D eigenvalue weighted by Crippen LogP contribution is 2.24. The molecule has 0 aliphatic carbocycles. The average molecular weight is 460 g/mol. The van der Waals surface area contributed by atoms with Crippen molar-refractivity contribution in [1.82, 2.24) is 5.32 Å². The lowest BCUT2D eigenvalue weighted by molar-refractivity contribution is -0.274. The molecule has 1 aromatic rings. The molecule has 1 rings (SSSR count). The van der Waals surface area contributed by atoms with E-state index in [-0.39, 0.29) is 48.1 Å². The van der Waals surface area contributed by atoms with Crippen molar-refractivity contribution in [3.8, 4) is 5.75 Å². The Kier molecular flexibility index (Phi) is 8.30. The summed E-state index contributed by atoms with van der Waals surface area (Å²) in [5.74, 6) is -0.464. The van der Waals surface area contributed by atoms with Gasteiger partial charge in [0.1, 0.15) is 5.75 Å². The van der Waals surface area contributed by atoms with E-state index in [1.807, 2.05) is 0 Å². The van der Waals surface area contributed by atoms with Crippen LogP contribution in [0.25, 0.3) is 0 Å². The molecule has 0 unspecified atom stereocenters. The van der Waals surface area contributed by atoms with Crippen LogP contribution in [0.15, 0.2) is 29.3 Å². The van der Waals surface area contributed by atoms with Gasteiger partial charge in [-0.15, -0.1) is 37.1 Å². The molecule has 0 saturated carbocycles. The summed E-state index contributed by atoms with van der Waals surface area (Å²) in [6.07, 6.45) is -4.74. The number of aliphatic imine (C=N–C) groups is 1. The van der Waals surface area contributed by atoms with Crippen molar-refractivity contribution < 1.29 is 22.7 Å². The molecule has 10 heteroatoms. The van der Waals surface area contributed by atoms with Gasteiger partial charge in [-0.1, -0.05) is 0 Å². The van der Waals surface area contributed by atoms with Crippen LogP contribution in [0.2, 0.25) is 0 Å². The second-order valence-corrected chi connectivity index (χ2v) is 5.36. The third-order valence-corrected chi connectivity index (χ3v) is 2.85. The lowest BCUT2D eigenvalue weighted by atomic mass is 9.93. The Morgan fingerprint density at radius 3 is 2.25 bits per heavy atom. The number of carbonyl (C=O) groups excluding carboxylic acids is 1. The smallest absolute Gasteiger partial charge is 0.406 e. The van der Waals surface area contributed by atoms with Gasteiger partial charge in [0.2, 0.25) is 5.91 Å². The first-order chi connectivity index (χ1) is 10.5. The number of nitrogens with one attached hydrogen (secondary N) is 2. The van der Waals surface area contributed by atoms with Gasteiger partial charge < -0.3 is 21.1 Å². The van der Waals surface area contributed by atoms with Crippen molar-refractivity contribution in [2.24, 2.45) is 16.1 Å². The highest BCUT2D eigenvalue weighted by Gasteiger charge is 2.31. The summed E-state index contributed by atoms with van der Waals surface area (Å²) in [6, 6.07) is 5.04. The zero-order chi connectivity index (χ0) is 17.7. The molecule has 0 heterocycles. The number of nitrogens with zero attached hydrogens (tertiary/aromatic N) is 1. The molecule has 0 fully saturated rings. The highest BCUT2D eigenvalue weighted by atomic mass is 127. The summed E-state index contributed by atoms with van der Waals surface area (Å²) in [5, 5.41) is 5.25. The molecule has 0 radical (unpaired) electrons. The molecular weight excluding hydrogens is 440 g/mol. The van der Waals surface area contributed by atoms with Crippen molar-refractivity contribution in [2.45, 2.75) is 20.2 Å². The van der Waals surface area contributed by atoms with E-state index in [9.17, 15) is 18.0 Å². The van der Waals surface area contributed by atoms with E-state index in [1.54, 1.807) is 13.8 Å². The van der Waals surface area contributed by atoms with Gasteiger partial charge >= 0.3 is 6.36 Å². The van der Waals surface area contributed by atoms with Crippen LogP contribution in [0, 0.1) is 5.41 Å². The van der Waals surface area contributed by atoms with Gasteiger partial charge in [-0.2, -0.15) is 0 Å². The summed E-state index contributed by atoms with van der Waals surface area (Å²) in [7, 11) is 1.53. The summed E-state index contributed by atoms with van der Waals surface area (Å²) >= 11 is 0. The van der Waals surface area contributed by atoms with Crippen LogP contribution < -0.4 is 21.1 Å². The van der Waals surface area contributed by atoms with Gasteiger partial charge in [0.05, 0.1) is 12.0 Å². The molecule has 0 atom stereocenters. The molecule has 24 heavy (non-hydrogen) atoms. The number of hydrogen-bond acceptors (Lipinski definition) is 3. The molecule has 0 aromatic heterocycles. The minimum atomic E-state index is -4.74. The van der Waals surface area contributed by atoms with E-state index in [0.717, 1.165) is 12.1 Å². The molecule has 0 saturated heterocycles. The average Bonchev–Trinajstić information content (AvgIpc) is 2.45. The summed E-state index contributed by atoms with van der Waals surface area (Å²) in [4.78, 5) is 15.7. The molecular formula is C14H20F3IN4O2. The minimum absolute atomic E-state index is 0. The minimum Gasteiger partial charge on any atom is -0.406 e. The molecule has 1 aromatic carbocycles. The van der Waals surface area contributed by atoms with Crippen molar-refractivity contribution in [3.05, 3.63) is 24.3 Å². The van der Waals surface area contributed by atoms with Crippen LogP contribution in [0.1, 0.15) is 13.8 Å². The Balaban J connectivity index is 0.00000529. The first kappa shape index (κ1) is 22.3. The second-order valence-electron chi connectivity index (χ2n) is 5.36. The molecule has 0 aliphatic heterocycles. The van der Waals surface area contributed by atoms with Gasteiger partial charge in [0.25, 0.3) is 0 Å². The summed E-state index contributed by atoms with van der Waals surface area (Å²) < 4.78 is 39.9. The predicted octanol–water partition coefficient (Wildman–Crippen LogP) is 2.70. The second kappa shape index (κ2) is 8.94. The van der Waals surface area contributed by atoms with Crippen molar-refractivity contribution in [1.29, 1.82) is 0 Å². The van der Waals surface area contributed by atoms with E-state index >= 15 is 0 Å². The Morgan fingerprint density at radius 2 is 1.79 bits per heavy atom. The van der Waals surface area contributed by atoms with Crippen LogP contribution in [0.3, 0.4) is 0 Å². The maximum Gasteiger partial charge on any atom is 0.573 e. The third-order valence-electron chi connectivity index (χ3n) is 2.85. The number of carbonyl (C=O) groups is 1. The van der Waals surface area contributed by atoms with E-state index in [0.29, 0.717) is 5.69 Å². The molecule has 0 aliphatic rings. The molecule has 6 nitrogen and oxygen atoms in total. The van der Waals surface area contributed by atoms with Crippen molar-refractivity contribution >= 4 is 41.5 Å². The summed E-state index contributed by atoms with van der Waals surface area (Å²) in [6.45, 7) is 3.58. The third kappa shape index (κ3) is 7.70. The zero-order valence-corrected chi connectivity index (χ0v) is 15.7. The van der Waals surface area contributed by atoms with Gasteiger partial charge in [0, 0.05) is 12.7 Å². The van der Waals surface area contributed by atoms with Crippen LogP contribution in [0.4, 0.5) is 18.9 Å². The lowest BCUT2D eigenvalue weighted by Gasteiger charge is -2.20. The molecule has 1 amide bonds. The SMILES string of the molecule is CNC(=O)C(C)(C)CN=C(N)Nc1ccc(OC(F)(F)F)cc1.I. The molecule has 0 spiro atoms. The maximum absolute atomic E-state index is 12.0. The number of halogens is 4. The van der Waals surface area contributed by atoms with E-state index in [4.69, 9.17) is 5.73 Å². The largest absolute Gasteiger partial charge is 0.573 e. The van der Waals surface area contributed by atoms with E-state index in [1.165, 1.54) is 19.2 Å². The predicted molar refractivity (Wildman–Crippen MR) is 96.5 cm³/mol. The molecule has 4 N–H and O–H groups in total. The number of hydrogen-bond donors (Lipinski definition) is 3. The number of anilines is 1. The quantitative estimate of drug-likeness (QED) is 0.358. The zero-order valence-electron chi connectivity index (χ0n) is 13.4. The van der Waals surface area contributed by atoms with Gasteiger partial charge in [-0.05, 0) is 38.1 Å². The van der Waals surface area contributed by atoms with Gasteiger partial charge in [-0.3, -0.25) is 9.79 Å². The number of benzene rings is 1. The normalized spacial score (nSPS) is 12.2. The highest BCUT2D eigenvalue weighted by molar-refractivity contribution is 14.0. The number of amides is 1. The van der Waals surface area contributed by atoms with E-state index < -0.39 is 11.8 Å². The fraction of sp³-hybridized carbons (Fsp3) is 0.429. The maximum atomic E-state index is 12.0. The number of ether oxygens (including phenoxy) is 1. The molecule has 136 valence electrons. The Bertz CT molecular complexity index is 574. The fourth-order valence-electron chi connectivity index (χ4n) is 1.62. The van der Waals surface area contributed by atoms with Crippen molar-refractivity contribution in [2.75, 3.05) is 18.9 Å². The monoisotopic (exact) mass is 460 g/mol. The van der Waals surface area contributed by atoms with Crippen LogP contribution >= 0.6 is 24.0 Å². The van der Waals surface area contributed by atoms with E-state index in [2.05, 4.69) is 20.4 Å². The number of nitrogens with two attached hydrogens (primary N) is 1. The van der Waals surface area contributed by atoms with Crippen LogP contribution in [-0.4, -0.2) is 31.8 Å².